The number of hydrogen-bond donors (Lipinski definition) is 2. The van der Waals surface area contributed by atoms with Gasteiger partial charge in [-0.05, 0) is 42.5 Å². The molecule has 0 aliphatic carbocycles. The van der Waals surface area contributed by atoms with Crippen molar-refractivity contribution < 1.29 is 14.0 Å². The highest BCUT2D eigenvalue weighted by molar-refractivity contribution is 6.30. The fourth-order valence-corrected chi connectivity index (χ4v) is 2.78. The molecule has 0 aromatic heterocycles. The minimum Gasteiger partial charge on any atom is -0.333 e. The SMILES string of the molecule is O=C(Nc1cccc(Cl)c1)NC1CC(=O)N(c2ccc(F)cc2)C1. The van der Waals surface area contributed by atoms with Crippen molar-refractivity contribution in [1.82, 2.24) is 5.32 Å². The molecule has 24 heavy (non-hydrogen) atoms. The van der Waals surface area contributed by atoms with E-state index in [1.165, 1.54) is 17.0 Å². The molecule has 1 unspecified atom stereocenters. The van der Waals surface area contributed by atoms with Gasteiger partial charge in [0.05, 0.1) is 6.04 Å². The molecule has 1 fully saturated rings. The number of rotatable bonds is 3. The highest BCUT2D eigenvalue weighted by atomic mass is 35.5. The van der Waals surface area contributed by atoms with Crippen molar-refractivity contribution in [3.8, 4) is 0 Å². The average Bonchev–Trinajstić information content (AvgIpc) is 2.88. The van der Waals surface area contributed by atoms with Crippen LogP contribution >= 0.6 is 11.6 Å². The van der Waals surface area contributed by atoms with Crippen molar-refractivity contribution in [2.45, 2.75) is 12.5 Å². The van der Waals surface area contributed by atoms with E-state index in [1.807, 2.05) is 0 Å². The number of nitrogens with one attached hydrogen (secondary N) is 2. The molecule has 1 saturated heterocycles. The molecule has 1 aliphatic heterocycles. The van der Waals surface area contributed by atoms with Gasteiger partial charge in [-0.25, -0.2) is 9.18 Å². The lowest BCUT2D eigenvalue weighted by Gasteiger charge is -2.17. The summed E-state index contributed by atoms with van der Waals surface area (Å²) >= 11 is 5.87. The first-order valence-electron chi connectivity index (χ1n) is 7.40. The van der Waals surface area contributed by atoms with Gasteiger partial charge in [-0.15, -0.1) is 0 Å². The van der Waals surface area contributed by atoms with Gasteiger partial charge in [0.2, 0.25) is 5.91 Å². The molecule has 1 aliphatic rings. The predicted octanol–water partition coefficient (Wildman–Crippen LogP) is 3.41. The molecule has 1 atom stereocenters. The highest BCUT2D eigenvalue weighted by Gasteiger charge is 2.31. The molecule has 0 spiro atoms. The third-order valence-electron chi connectivity index (χ3n) is 3.68. The van der Waals surface area contributed by atoms with Crippen LogP contribution in [0.4, 0.5) is 20.6 Å². The quantitative estimate of drug-likeness (QED) is 0.893. The van der Waals surface area contributed by atoms with Crippen LogP contribution in [0.5, 0.6) is 0 Å². The molecule has 1 heterocycles. The molecule has 0 bridgehead atoms. The molecule has 2 aromatic carbocycles. The summed E-state index contributed by atoms with van der Waals surface area (Å²) in [6.07, 6.45) is 0.195. The van der Waals surface area contributed by atoms with Crippen molar-refractivity contribution in [3.05, 3.63) is 59.4 Å². The molecule has 2 aromatic rings. The van der Waals surface area contributed by atoms with Crippen LogP contribution in [0.3, 0.4) is 0 Å². The summed E-state index contributed by atoms with van der Waals surface area (Å²) in [4.78, 5) is 25.7. The predicted molar refractivity (Wildman–Crippen MR) is 90.8 cm³/mol. The summed E-state index contributed by atoms with van der Waals surface area (Å²) in [5.74, 6) is -0.476. The van der Waals surface area contributed by atoms with E-state index < -0.39 is 6.03 Å². The Hall–Kier alpha value is -2.60. The van der Waals surface area contributed by atoms with Crippen LogP contribution in [0.25, 0.3) is 0 Å². The molecule has 0 radical (unpaired) electrons. The highest BCUT2D eigenvalue weighted by Crippen LogP contribution is 2.22. The molecule has 3 rings (SSSR count). The number of carbonyl (C=O) groups is 2. The maximum atomic E-state index is 13.0. The number of benzene rings is 2. The second-order valence-corrected chi connectivity index (χ2v) is 5.93. The number of anilines is 2. The van der Waals surface area contributed by atoms with Crippen molar-refractivity contribution in [1.29, 1.82) is 0 Å². The second-order valence-electron chi connectivity index (χ2n) is 5.49. The van der Waals surface area contributed by atoms with Crippen molar-refractivity contribution in [3.63, 3.8) is 0 Å². The Balaban J connectivity index is 1.59. The number of halogens is 2. The summed E-state index contributed by atoms with van der Waals surface area (Å²) in [5, 5.41) is 5.95. The zero-order valence-electron chi connectivity index (χ0n) is 12.6. The average molecular weight is 348 g/mol. The molecule has 0 saturated carbocycles. The Labute approximate surface area is 143 Å². The van der Waals surface area contributed by atoms with Crippen LogP contribution in [0.15, 0.2) is 48.5 Å². The Morgan fingerprint density at radius 3 is 2.67 bits per heavy atom. The Morgan fingerprint density at radius 2 is 1.96 bits per heavy atom. The number of nitrogens with zero attached hydrogens (tertiary/aromatic N) is 1. The maximum Gasteiger partial charge on any atom is 0.319 e. The standard InChI is InChI=1S/C17H15ClFN3O2/c18-11-2-1-3-13(8-11)20-17(24)21-14-9-16(23)22(10-14)15-6-4-12(19)5-7-15/h1-8,14H,9-10H2,(H2,20,21,24). The van der Waals surface area contributed by atoms with Gasteiger partial charge in [0.25, 0.3) is 0 Å². The first kappa shape index (κ1) is 16.3. The fraction of sp³-hybridized carbons (Fsp3) is 0.176. The van der Waals surface area contributed by atoms with E-state index in [4.69, 9.17) is 11.6 Å². The van der Waals surface area contributed by atoms with Crippen molar-refractivity contribution in [2.75, 3.05) is 16.8 Å². The van der Waals surface area contributed by atoms with Crippen molar-refractivity contribution >= 4 is 34.9 Å². The molecular weight excluding hydrogens is 333 g/mol. The first-order chi connectivity index (χ1) is 11.5. The molecule has 124 valence electrons. The van der Waals surface area contributed by atoms with Crippen LogP contribution < -0.4 is 15.5 Å². The van der Waals surface area contributed by atoms with E-state index in [0.717, 1.165) is 0 Å². The lowest BCUT2D eigenvalue weighted by Crippen LogP contribution is -2.39. The monoisotopic (exact) mass is 347 g/mol. The molecular formula is C17H15ClFN3O2. The zero-order chi connectivity index (χ0) is 17.1. The number of urea groups is 1. The van der Waals surface area contributed by atoms with E-state index >= 15 is 0 Å². The van der Waals surface area contributed by atoms with Gasteiger partial charge in [0, 0.05) is 29.4 Å². The van der Waals surface area contributed by atoms with E-state index in [2.05, 4.69) is 10.6 Å². The number of amides is 3. The number of hydrogen-bond acceptors (Lipinski definition) is 2. The largest absolute Gasteiger partial charge is 0.333 e. The maximum absolute atomic E-state index is 13.0. The first-order valence-corrected chi connectivity index (χ1v) is 7.78. The summed E-state index contributed by atoms with van der Waals surface area (Å²) < 4.78 is 13.0. The summed E-state index contributed by atoms with van der Waals surface area (Å²) in [6.45, 7) is 0.341. The molecule has 3 amide bonds. The van der Waals surface area contributed by atoms with Gasteiger partial charge in [0.15, 0.2) is 0 Å². The van der Waals surface area contributed by atoms with E-state index in [0.29, 0.717) is 22.9 Å². The Morgan fingerprint density at radius 1 is 1.21 bits per heavy atom. The van der Waals surface area contributed by atoms with Crippen LogP contribution in [0.2, 0.25) is 5.02 Å². The van der Waals surface area contributed by atoms with E-state index in [-0.39, 0.29) is 24.2 Å². The topological polar surface area (TPSA) is 61.4 Å². The lowest BCUT2D eigenvalue weighted by molar-refractivity contribution is -0.117. The minimum absolute atomic E-state index is 0.116. The van der Waals surface area contributed by atoms with Gasteiger partial charge in [0.1, 0.15) is 5.82 Å². The zero-order valence-corrected chi connectivity index (χ0v) is 13.4. The smallest absolute Gasteiger partial charge is 0.319 e. The van der Waals surface area contributed by atoms with E-state index in [9.17, 15) is 14.0 Å². The van der Waals surface area contributed by atoms with Crippen LogP contribution in [0, 0.1) is 5.82 Å². The third-order valence-corrected chi connectivity index (χ3v) is 3.92. The molecule has 2 N–H and O–H groups in total. The van der Waals surface area contributed by atoms with Gasteiger partial charge >= 0.3 is 6.03 Å². The Kier molecular flexibility index (Phi) is 4.66. The summed E-state index contributed by atoms with van der Waals surface area (Å²) in [7, 11) is 0. The van der Waals surface area contributed by atoms with Crippen molar-refractivity contribution in [2.24, 2.45) is 0 Å². The van der Waals surface area contributed by atoms with Gasteiger partial charge in [-0.3, -0.25) is 4.79 Å². The Bertz CT molecular complexity index is 767. The van der Waals surface area contributed by atoms with Gasteiger partial charge in [-0.2, -0.15) is 0 Å². The second kappa shape index (κ2) is 6.88. The van der Waals surface area contributed by atoms with E-state index in [1.54, 1.807) is 36.4 Å². The van der Waals surface area contributed by atoms with Crippen LogP contribution in [0.1, 0.15) is 6.42 Å². The summed E-state index contributed by atoms with van der Waals surface area (Å²) in [5.41, 5.74) is 1.18. The molecule has 7 heteroatoms. The van der Waals surface area contributed by atoms with Crippen LogP contribution in [-0.2, 0) is 4.79 Å². The number of carbonyl (C=O) groups excluding carboxylic acids is 2. The summed E-state index contributed by atoms with van der Waals surface area (Å²) in [6, 6.07) is 11.8. The van der Waals surface area contributed by atoms with Gasteiger partial charge < -0.3 is 15.5 Å². The van der Waals surface area contributed by atoms with Gasteiger partial charge in [-0.1, -0.05) is 17.7 Å². The molecule has 5 nitrogen and oxygen atoms in total. The fourth-order valence-electron chi connectivity index (χ4n) is 2.59. The third kappa shape index (κ3) is 3.83. The lowest BCUT2D eigenvalue weighted by atomic mass is 10.2. The normalized spacial score (nSPS) is 17.0. The van der Waals surface area contributed by atoms with Crippen LogP contribution in [-0.4, -0.2) is 24.5 Å². The minimum atomic E-state index is -0.406.